The van der Waals surface area contributed by atoms with Crippen molar-refractivity contribution >= 4 is 16.6 Å². The highest BCUT2D eigenvalue weighted by molar-refractivity contribution is 5.95. The Morgan fingerprint density at radius 3 is 3.05 bits per heavy atom. The van der Waals surface area contributed by atoms with E-state index in [2.05, 4.69) is 28.2 Å². The lowest BCUT2D eigenvalue weighted by Gasteiger charge is -2.32. The maximum atomic E-state index is 5.44. The van der Waals surface area contributed by atoms with E-state index in [-0.39, 0.29) is 0 Å². The van der Waals surface area contributed by atoms with Crippen molar-refractivity contribution in [1.29, 1.82) is 0 Å². The van der Waals surface area contributed by atoms with Gasteiger partial charge in [-0.25, -0.2) is 4.98 Å². The standard InChI is InChI=1S/C17H23N3O/c1-3-20-11-5-6-13(12-20)19-17-15-7-4-8-16(21-2)14(15)9-10-18-17/h4,7-10,13H,3,5-6,11-12H2,1-2H3,(H,18,19). The molecule has 21 heavy (non-hydrogen) atoms. The summed E-state index contributed by atoms with van der Waals surface area (Å²) in [7, 11) is 1.71. The van der Waals surface area contributed by atoms with E-state index in [4.69, 9.17) is 4.74 Å². The van der Waals surface area contributed by atoms with Crippen LogP contribution in [0.5, 0.6) is 5.75 Å². The summed E-state index contributed by atoms with van der Waals surface area (Å²) in [6.07, 6.45) is 4.31. The van der Waals surface area contributed by atoms with Gasteiger partial charge in [-0.3, -0.25) is 0 Å². The number of benzene rings is 1. The lowest BCUT2D eigenvalue weighted by atomic mass is 10.1. The summed E-state index contributed by atoms with van der Waals surface area (Å²) in [5.74, 6) is 1.87. The van der Waals surface area contributed by atoms with Crippen LogP contribution in [-0.4, -0.2) is 42.7 Å². The molecule has 0 saturated carbocycles. The summed E-state index contributed by atoms with van der Waals surface area (Å²) >= 11 is 0. The Balaban J connectivity index is 1.87. The van der Waals surface area contributed by atoms with Gasteiger partial charge in [0.2, 0.25) is 0 Å². The van der Waals surface area contributed by atoms with E-state index in [1.807, 2.05) is 24.4 Å². The summed E-state index contributed by atoms with van der Waals surface area (Å²) in [5.41, 5.74) is 0. The Morgan fingerprint density at radius 2 is 2.24 bits per heavy atom. The van der Waals surface area contributed by atoms with E-state index in [0.717, 1.165) is 35.4 Å². The molecule has 0 aliphatic carbocycles. The number of nitrogens with zero attached hydrogens (tertiary/aromatic N) is 2. The van der Waals surface area contributed by atoms with E-state index in [0.29, 0.717) is 6.04 Å². The highest BCUT2D eigenvalue weighted by Gasteiger charge is 2.19. The van der Waals surface area contributed by atoms with Gasteiger partial charge in [-0.05, 0) is 38.1 Å². The van der Waals surface area contributed by atoms with Gasteiger partial charge in [-0.1, -0.05) is 19.1 Å². The molecule has 1 fully saturated rings. The van der Waals surface area contributed by atoms with Crippen molar-refractivity contribution in [2.45, 2.75) is 25.8 Å². The number of rotatable bonds is 4. The van der Waals surface area contributed by atoms with Gasteiger partial charge in [0, 0.05) is 29.6 Å². The van der Waals surface area contributed by atoms with Gasteiger partial charge < -0.3 is 15.0 Å². The molecular formula is C17H23N3O. The third kappa shape index (κ3) is 2.95. The number of aromatic nitrogens is 1. The van der Waals surface area contributed by atoms with E-state index in [1.54, 1.807) is 7.11 Å². The molecule has 0 amide bonds. The van der Waals surface area contributed by atoms with Crippen LogP contribution in [0.4, 0.5) is 5.82 Å². The van der Waals surface area contributed by atoms with Crippen molar-refractivity contribution in [3.63, 3.8) is 0 Å². The minimum absolute atomic E-state index is 0.475. The highest BCUT2D eigenvalue weighted by atomic mass is 16.5. The van der Waals surface area contributed by atoms with Gasteiger partial charge in [-0.2, -0.15) is 0 Å². The predicted molar refractivity (Wildman–Crippen MR) is 87.1 cm³/mol. The highest BCUT2D eigenvalue weighted by Crippen LogP contribution is 2.29. The third-order valence-corrected chi connectivity index (χ3v) is 4.28. The van der Waals surface area contributed by atoms with Crippen LogP contribution in [0.3, 0.4) is 0 Å². The van der Waals surface area contributed by atoms with Gasteiger partial charge in [0.15, 0.2) is 0 Å². The molecule has 0 spiro atoms. The molecule has 1 aromatic carbocycles. The fourth-order valence-corrected chi connectivity index (χ4v) is 3.13. The molecule has 1 saturated heterocycles. The van der Waals surface area contributed by atoms with Gasteiger partial charge in [0.05, 0.1) is 7.11 Å². The first-order valence-electron chi connectivity index (χ1n) is 7.72. The largest absolute Gasteiger partial charge is 0.496 e. The fraction of sp³-hybridized carbons (Fsp3) is 0.471. The number of piperidine rings is 1. The number of methoxy groups -OCH3 is 1. The van der Waals surface area contributed by atoms with Gasteiger partial charge in [0.1, 0.15) is 11.6 Å². The molecule has 1 aliphatic heterocycles. The normalized spacial score (nSPS) is 19.6. The molecule has 0 radical (unpaired) electrons. The molecule has 112 valence electrons. The minimum Gasteiger partial charge on any atom is -0.496 e. The van der Waals surface area contributed by atoms with Crippen LogP contribution in [0.15, 0.2) is 30.5 Å². The molecule has 4 heteroatoms. The van der Waals surface area contributed by atoms with Crippen LogP contribution in [-0.2, 0) is 0 Å². The summed E-state index contributed by atoms with van der Waals surface area (Å²) in [6, 6.07) is 8.60. The van der Waals surface area contributed by atoms with Crippen molar-refractivity contribution in [3.8, 4) is 5.75 Å². The molecule has 0 bridgehead atoms. The smallest absolute Gasteiger partial charge is 0.134 e. The second-order valence-electron chi connectivity index (χ2n) is 5.59. The first kappa shape index (κ1) is 14.1. The molecule has 2 heterocycles. The first-order valence-corrected chi connectivity index (χ1v) is 7.72. The van der Waals surface area contributed by atoms with E-state index >= 15 is 0 Å². The number of hydrogen-bond acceptors (Lipinski definition) is 4. The molecule has 3 rings (SSSR count). The first-order chi connectivity index (χ1) is 10.3. The zero-order chi connectivity index (χ0) is 14.7. The Hall–Kier alpha value is -1.81. The van der Waals surface area contributed by atoms with Gasteiger partial charge >= 0.3 is 0 Å². The summed E-state index contributed by atoms with van der Waals surface area (Å²) in [5, 5.41) is 5.87. The van der Waals surface area contributed by atoms with Crippen molar-refractivity contribution in [2.24, 2.45) is 0 Å². The molecule has 1 atom stereocenters. The maximum Gasteiger partial charge on any atom is 0.134 e. The molecule has 4 nitrogen and oxygen atoms in total. The summed E-state index contributed by atoms with van der Waals surface area (Å²) in [6.45, 7) is 5.66. The molecule has 1 aromatic heterocycles. The molecule has 2 aromatic rings. The van der Waals surface area contributed by atoms with Crippen LogP contribution in [0.2, 0.25) is 0 Å². The van der Waals surface area contributed by atoms with E-state index < -0.39 is 0 Å². The monoisotopic (exact) mass is 285 g/mol. The molecular weight excluding hydrogens is 262 g/mol. The van der Waals surface area contributed by atoms with Crippen molar-refractivity contribution < 1.29 is 4.74 Å². The van der Waals surface area contributed by atoms with Gasteiger partial charge in [0.25, 0.3) is 0 Å². The second kappa shape index (κ2) is 6.31. The number of likely N-dealkylation sites (tertiary alicyclic amines) is 1. The maximum absolute atomic E-state index is 5.44. The summed E-state index contributed by atoms with van der Waals surface area (Å²) < 4.78 is 5.44. The topological polar surface area (TPSA) is 37.4 Å². The number of likely N-dealkylation sites (N-methyl/N-ethyl adjacent to an activating group) is 1. The number of fused-ring (bicyclic) bond motifs is 1. The van der Waals surface area contributed by atoms with Crippen LogP contribution in [0.25, 0.3) is 10.8 Å². The minimum atomic E-state index is 0.475. The number of ether oxygens (including phenoxy) is 1. The number of nitrogens with one attached hydrogen (secondary N) is 1. The van der Waals surface area contributed by atoms with Crippen molar-refractivity contribution in [1.82, 2.24) is 9.88 Å². The number of hydrogen-bond donors (Lipinski definition) is 1. The van der Waals surface area contributed by atoms with E-state index in [1.165, 1.54) is 19.4 Å². The second-order valence-corrected chi connectivity index (χ2v) is 5.59. The Bertz CT molecular complexity index is 614. The van der Waals surface area contributed by atoms with Crippen molar-refractivity contribution in [3.05, 3.63) is 30.5 Å². The lowest BCUT2D eigenvalue weighted by Crippen LogP contribution is -2.42. The van der Waals surface area contributed by atoms with Crippen LogP contribution >= 0.6 is 0 Å². The number of pyridine rings is 1. The average molecular weight is 285 g/mol. The third-order valence-electron chi connectivity index (χ3n) is 4.28. The van der Waals surface area contributed by atoms with Crippen LogP contribution < -0.4 is 10.1 Å². The van der Waals surface area contributed by atoms with E-state index in [9.17, 15) is 0 Å². The van der Waals surface area contributed by atoms with Gasteiger partial charge in [-0.15, -0.1) is 0 Å². The fourth-order valence-electron chi connectivity index (χ4n) is 3.13. The molecule has 1 unspecified atom stereocenters. The zero-order valence-electron chi connectivity index (χ0n) is 12.8. The summed E-state index contributed by atoms with van der Waals surface area (Å²) in [4.78, 5) is 7.04. The Labute approximate surface area is 126 Å². The predicted octanol–water partition coefficient (Wildman–Crippen LogP) is 3.14. The quantitative estimate of drug-likeness (QED) is 0.936. The lowest BCUT2D eigenvalue weighted by molar-refractivity contribution is 0.226. The Kier molecular flexibility index (Phi) is 4.25. The Morgan fingerprint density at radius 1 is 1.33 bits per heavy atom. The zero-order valence-corrected chi connectivity index (χ0v) is 12.8. The SMILES string of the molecule is CCN1CCCC(Nc2nccc3c(OC)cccc23)C1. The molecule has 1 aliphatic rings. The molecule has 1 N–H and O–H groups in total. The van der Waals surface area contributed by atoms with Crippen molar-refractivity contribution in [2.75, 3.05) is 32.1 Å². The average Bonchev–Trinajstić information content (AvgIpc) is 2.55. The van der Waals surface area contributed by atoms with Crippen LogP contribution in [0.1, 0.15) is 19.8 Å². The number of anilines is 1. The van der Waals surface area contributed by atoms with Crippen LogP contribution in [0, 0.1) is 0 Å².